The van der Waals surface area contributed by atoms with Crippen molar-refractivity contribution in [3.05, 3.63) is 48.5 Å². The third kappa shape index (κ3) is 2.82. The second kappa shape index (κ2) is 5.77. The van der Waals surface area contributed by atoms with Gasteiger partial charge in [0.1, 0.15) is 5.82 Å². The molecule has 1 aromatic heterocycles. The minimum Gasteiger partial charge on any atom is -0.348 e. The maximum Gasteiger partial charge on any atom is 0.321 e. The summed E-state index contributed by atoms with van der Waals surface area (Å²) in [5.41, 5.74) is 0.839. The zero-order valence-corrected chi connectivity index (χ0v) is 11.2. The Balaban J connectivity index is 1.54. The van der Waals surface area contributed by atoms with Crippen molar-refractivity contribution in [2.45, 2.75) is 18.8 Å². The maximum atomic E-state index is 12.2. The lowest BCUT2D eigenvalue weighted by molar-refractivity contribution is 0.193. The van der Waals surface area contributed by atoms with Crippen molar-refractivity contribution in [1.82, 2.24) is 14.9 Å². The van der Waals surface area contributed by atoms with E-state index < -0.39 is 0 Å². The number of urea groups is 1. The van der Waals surface area contributed by atoms with E-state index in [4.69, 9.17) is 0 Å². The van der Waals surface area contributed by atoms with Crippen LogP contribution in [0.1, 0.15) is 24.6 Å². The van der Waals surface area contributed by atoms with Gasteiger partial charge in [-0.1, -0.05) is 18.2 Å². The van der Waals surface area contributed by atoms with E-state index >= 15 is 0 Å². The molecule has 20 heavy (non-hydrogen) atoms. The van der Waals surface area contributed by atoms with Crippen LogP contribution in [-0.2, 0) is 0 Å². The van der Waals surface area contributed by atoms with E-state index in [2.05, 4.69) is 15.3 Å². The van der Waals surface area contributed by atoms with Gasteiger partial charge in [0.05, 0.1) is 0 Å². The van der Waals surface area contributed by atoms with E-state index in [-0.39, 0.29) is 6.03 Å². The van der Waals surface area contributed by atoms with Crippen molar-refractivity contribution in [1.29, 1.82) is 0 Å². The fraction of sp³-hybridized carbons (Fsp3) is 0.333. The number of H-pyrrole nitrogens is 1. The van der Waals surface area contributed by atoms with E-state index in [1.54, 1.807) is 6.20 Å². The van der Waals surface area contributed by atoms with Crippen molar-refractivity contribution in [3.8, 4) is 0 Å². The summed E-state index contributed by atoms with van der Waals surface area (Å²) < 4.78 is 0. The zero-order chi connectivity index (χ0) is 13.8. The number of benzene rings is 1. The Bertz CT molecular complexity index is 545. The van der Waals surface area contributed by atoms with Gasteiger partial charge in [-0.25, -0.2) is 9.78 Å². The summed E-state index contributed by atoms with van der Waals surface area (Å²) >= 11 is 0. The van der Waals surface area contributed by atoms with Crippen LogP contribution in [0.15, 0.2) is 42.7 Å². The molecule has 104 valence electrons. The molecule has 3 rings (SSSR count). The van der Waals surface area contributed by atoms with Crippen LogP contribution in [0.5, 0.6) is 0 Å². The Morgan fingerprint density at radius 3 is 2.65 bits per heavy atom. The van der Waals surface area contributed by atoms with Crippen LogP contribution >= 0.6 is 0 Å². The first-order valence-corrected chi connectivity index (χ1v) is 6.93. The Labute approximate surface area is 118 Å². The molecule has 2 heterocycles. The number of para-hydroxylation sites is 1. The standard InChI is InChI=1S/C15H18N4O/c20-15(18-13-4-2-1-3-5-13)19-10-6-12(7-11-19)14-16-8-9-17-14/h1-5,8-9,12H,6-7,10-11H2,(H,16,17)(H,18,20). The minimum absolute atomic E-state index is 0.0194. The summed E-state index contributed by atoms with van der Waals surface area (Å²) in [4.78, 5) is 21.5. The van der Waals surface area contributed by atoms with Gasteiger partial charge in [-0.3, -0.25) is 0 Å². The average molecular weight is 270 g/mol. The molecular weight excluding hydrogens is 252 g/mol. The summed E-state index contributed by atoms with van der Waals surface area (Å²) in [6, 6.07) is 9.54. The Morgan fingerprint density at radius 1 is 1.25 bits per heavy atom. The third-order valence-corrected chi connectivity index (χ3v) is 3.71. The van der Waals surface area contributed by atoms with Crippen molar-refractivity contribution < 1.29 is 4.79 Å². The SMILES string of the molecule is O=C(Nc1ccccc1)N1CCC(c2ncc[nH]2)CC1. The number of nitrogens with one attached hydrogen (secondary N) is 2. The molecular formula is C15H18N4O. The van der Waals surface area contributed by atoms with Gasteiger partial charge < -0.3 is 15.2 Å². The van der Waals surface area contributed by atoms with Crippen molar-refractivity contribution >= 4 is 11.7 Å². The molecule has 0 unspecified atom stereocenters. The number of imidazole rings is 1. The number of aromatic amines is 1. The molecule has 5 nitrogen and oxygen atoms in total. The molecule has 0 saturated carbocycles. The Morgan fingerprint density at radius 2 is 2.00 bits per heavy atom. The highest BCUT2D eigenvalue weighted by molar-refractivity contribution is 5.89. The molecule has 1 fully saturated rings. The number of carbonyl (C=O) groups excluding carboxylic acids is 1. The van der Waals surface area contributed by atoms with Gasteiger partial charge in [0, 0.05) is 37.1 Å². The van der Waals surface area contributed by atoms with Crippen LogP contribution in [-0.4, -0.2) is 34.0 Å². The van der Waals surface area contributed by atoms with E-state index in [1.165, 1.54) is 0 Å². The molecule has 0 aliphatic carbocycles. The van der Waals surface area contributed by atoms with E-state index in [1.807, 2.05) is 41.4 Å². The molecule has 1 saturated heterocycles. The van der Waals surface area contributed by atoms with Crippen LogP contribution < -0.4 is 5.32 Å². The number of hydrogen-bond donors (Lipinski definition) is 2. The largest absolute Gasteiger partial charge is 0.348 e. The Hall–Kier alpha value is -2.30. The summed E-state index contributed by atoms with van der Waals surface area (Å²) in [5, 5.41) is 2.92. The number of anilines is 1. The Kier molecular flexibility index (Phi) is 3.67. The van der Waals surface area contributed by atoms with Gasteiger partial charge in [0.2, 0.25) is 0 Å². The second-order valence-corrected chi connectivity index (χ2v) is 5.03. The smallest absolute Gasteiger partial charge is 0.321 e. The number of carbonyl (C=O) groups is 1. The van der Waals surface area contributed by atoms with Crippen LogP contribution in [0.3, 0.4) is 0 Å². The highest BCUT2D eigenvalue weighted by Crippen LogP contribution is 2.25. The highest BCUT2D eigenvalue weighted by atomic mass is 16.2. The average Bonchev–Trinajstić information content (AvgIpc) is 3.03. The summed E-state index contributed by atoms with van der Waals surface area (Å²) in [7, 11) is 0. The van der Waals surface area contributed by atoms with E-state index in [0.717, 1.165) is 37.4 Å². The van der Waals surface area contributed by atoms with Gasteiger partial charge in [-0.2, -0.15) is 0 Å². The van der Waals surface area contributed by atoms with Gasteiger partial charge in [-0.05, 0) is 25.0 Å². The van der Waals surface area contributed by atoms with E-state index in [9.17, 15) is 4.79 Å². The molecule has 0 spiro atoms. The molecule has 1 aliphatic rings. The van der Waals surface area contributed by atoms with Gasteiger partial charge in [0.15, 0.2) is 0 Å². The molecule has 0 bridgehead atoms. The second-order valence-electron chi connectivity index (χ2n) is 5.03. The lowest BCUT2D eigenvalue weighted by Gasteiger charge is -2.31. The molecule has 1 aromatic carbocycles. The molecule has 5 heteroatoms. The minimum atomic E-state index is -0.0194. The third-order valence-electron chi connectivity index (χ3n) is 3.71. The van der Waals surface area contributed by atoms with Gasteiger partial charge in [0.25, 0.3) is 0 Å². The number of piperidine rings is 1. The number of amides is 2. The van der Waals surface area contributed by atoms with E-state index in [0.29, 0.717) is 5.92 Å². The van der Waals surface area contributed by atoms with Crippen molar-refractivity contribution in [3.63, 3.8) is 0 Å². The zero-order valence-electron chi connectivity index (χ0n) is 11.2. The highest BCUT2D eigenvalue weighted by Gasteiger charge is 2.24. The predicted octanol–water partition coefficient (Wildman–Crippen LogP) is 2.82. The molecule has 0 radical (unpaired) electrons. The van der Waals surface area contributed by atoms with Gasteiger partial charge >= 0.3 is 6.03 Å². The molecule has 1 aliphatic heterocycles. The number of hydrogen-bond acceptors (Lipinski definition) is 2. The number of rotatable bonds is 2. The van der Waals surface area contributed by atoms with Crippen LogP contribution in [0.4, 0.5) is 10.5 Å². The number of likely N-dealkylation sites (tertiary alicyclic amines) is 1. The first kappa shape index (κ1) is 12.7. The predicted molar refractivity (Wildman–Crippen MR) is 77.6 cm³/mol. The van der Waals surface area contributed by atoms with Crippen LogP contribution in [0, 0.1) is 0 Å². The summed E-state index contributed by atoms with van der Waals surface area (Å²) in [6.45, 7) is 1.54. The number of nitrogens with zero attached hydrogens (tertiary/aromatic N) is 2. The quantitative estimate of drug-likeness (QED) is 0.881. The first-order valence-electron chi connectivity index (χ1n) is 6.93. The van der Waals surface area contributed by atoms with Gasteiger partial charge in [-0.15, -0.1) is 0 Å². The normalized spacial score (nSPS) is 16.1. The molecule has 2 N–H and O–H groups in total. The fourth-order valence-corrected chi connectivity index (χ4v) is 2.58. The molecule has 0 atom stereocenters. The summed E-state index contributed by atoms with van der Waals surface area (Å²) in [6.07, 6.45) is 5.54. The van der Waals surface area contributed by atoms with Crippen molar-refractivity contribution in [2.75, 3.05) is 18.4 Å². The molecule has 2 aromatic rings. The number of aromatic nitrogens is 2. The first-order chi connectivity index (χ1) is 9.83. The van der Waals surface area contributed by atoms with Crippen molar-refractivity contribution in [2.24, 2.45) is 0 Å². The summed E-state index contributed by atoms with van der Waals surface area (Å²) in [5.74, 6) is 1.47. The van der Waals surface area contributed by atoms with Crippen LogP contribution in [0.2, 0.25) is 0 Å². The lowest BCUT2D eigenvalue weighted by Crippen LogP contribution is -2.40. The molecule has 2 amide bonds. The fourth-order valence-electron chi connectivity index (χ4n) is 2.58. The monoisotopic (exact) mass is 270 g/mol. The van der Waals surface area contributed by atoms with Crippen LogP contribution in [0.25, 0.3) is 0 Å². The lowest BCUT2D eigenvalue weighted by atomic mass is 9.96. The maximum absolute atomic E-state index is 12.2. The topological polar surface area (TPSA) is 61.0 Å².